The molecule has 0 aromatic rings. The van der Waals surface area contributed by atoms with E-state index in [0.717, 1.165) is 32.1 Å². The van der Waals surface area contributed by atoms with Crippen LogP contribution in [-0.4, -0.2) is 60.7 Å². The summed E-state index contributed by atoms with van der Waals surface area (Å²) >= 11 is 0. The molecular formula is C22H41N3O5. The molecule has 1 aliphatic rings. The maximum absolute atomic E-state index is 13.0. The lowest BCUT2D eigenvalue weighted by molar-refractivity contribution is -0.142. The van der Waals surface area contributed by atoms with Crippen molar-refractivity contribution in [2.24, 2.45) is 11.8 Å². The molecule has 8 nitrogen and oxygen atoms in total. The van der Waals surface area contributed by atoms with Crippen LogP contribution in [0.25, 0.3) is 0 Å². The van der Waals surface area contributed by atoms with Gasteiger partial charge in [-0.1, -0.05) is 52.4 Å². The van der Waals surface area contributed by atoms with Gasteiger partial charge in [0.05, 0.1) is 6.61 Å². The Bertz CT molecular complexity index is 529. The van der Waals surface area contributed by atoms with E-state index in [0.29, 0.717) is 32.5 Å². The Kier molecular flexibility index (Phi) is 13.3. The molecule has 0 radical (unpaired) electrons. The van der Waals surface area contributed by atoms with E-state index in [1.165, 1.54) is 19.3 Å². The molecule has 8 heteroatoms. The molecule has 1 rings (SSSR count). The smallest absolute Gasteiger partial charge is 0.246 e. The van der Waals surface area contributed by atoms with Crippen LogP contribution in [0.4, 0.5) is 0 Å². The fourth-order valence-corrected chi connectivity index (χ4v) is 3.98. The first-order valence-electron chi connectivity index (χ1n) is 11.5. The monoisotopic (exact) mass is 427 g/mol. The molecule has 0 aliphatic carbocycles. The highest BCUT2D eigenvalue weighted by atomic mass is 16.5. The number of unbranched alkanes of at least 4 members (excludes halogenated alkanes) is 5. The molecule has 30 heavy (non-hydrogen) atoms. The van der Waals surface area contributed by atoms with Crippen LogP contribution in [0.15, 0.2) is 0 Å². The molecule has 0 aromatic carbocycles. The third kappa shape index (κ3) is 9.00. The van der Waals surface area contributed by atoms with Crippen molar-refractivity contribution in [2.45, 2.75) is 84.1 Å². The van der Waals surface area contributed by atoms with Crippen molar-refractivity contribution in [2.75, 3.05) is 26.8 Å². The molecule has 1 saturated heterocycles. The lowest BCUT2D eigenvalue weighted by atomic mass is 9.87. The molecule has 0 bridgehead atoms. The van der Waals surface area contributed by atoms with Gasteiger partial charge in [0.15, 0.2) is 0 Å². The minimum atomic E-state index is -0.670. The van der Waals surface area contributed by atoms with E-state index in [1.54, 1.807) is 24.4 Å². The van der Waals surface area contributed by atoms with Crippen molar-refractivity contribution in [3.63, 3.8) is 0 Å². The molecule has 0 saturated carbocycles. The number of methoxy groups -OCH3 is 1. The van der Waals surface area contributed by atoms with E-state index in [4.69, 9.17) is 9.94 Å². The lowest BCUT2D eigenvalue weighted by Gasteiger charge is -2.27. The summed E-state index contributed by atoms with van der Waals surface area (Å²) in [6, 6.07) is -0.576. The van der Waals surface area contributed by atoms with E-state index >= 15 is 0 Å². The summed E-state index contributed by atoms with van der Waals surface area (Å²) < 4.78 is 5.09. The summed E-state index contributed by atoms with van der Waals surface area (Å²) in [7, 11) is 1.60. The minimum Gasteiger partial charge on any atom is -0.383 e. The molecule has 174 valence electrons. The Labute approximate surface area is 181 Å². The van der Waals surface area contributed by atoms with Crippen molar-refractivity contribution in [3.05, 3.63) is 0 Å². The fraction of sp³-hybridized carbons (Fsp3) is 0.864. The summed E-state index contributed by atoms with van der Waals surface area (Å²) in [6.45, 7) is 5.44. The van der Waals surface area contributed by atoms with Gasteiger partial charge in [-0.2, -0.15) is 0 Å². The number of ether oxygens (including phenoxy) is 1. The van der Waals surface area contributed by atoms with Crippen molar-refractivity contribution < 1.29 is 24.3 Å². The molecular weight excluding hydrogens is 386 g/mol. The Balaban J connectivity index is 2.73. The van der Waals surface area contributed by atoms with Gasteiger partial charge in [-0.3, -0.25) is 19.6 Å². The van der Waals surface area contributed by atoms with Gasteiger partial charge in [-0.05, 0) is 25.7 Å². The van der Waals surface area contributed by atoms with Crippen LogP contribution in [0, 0.1) is 11.8 Å². The maximum atomic E-state index is 13.0. The largest absolute Gasteiger partial charge is 0.383 e. The second-order valence-electron chi connectivity index (χ2n) is 8.30. The number of likely N-dealkylation sites (tertiary alicyclic amines) is 1. The van der Waals surface area contributed by atoms with Gasteiger partial charge in [0.2, 0.25) is 17.7 Å². The molecule has 0 aromatic heterocycles. The van der Waals surface area contributed by atoms with Crippen molar-refractivity contribution >= 4 is 17.7 Å². The number of rotatable bonds is 14. The van der Waals surface area contributed by atoms with Crippen LogP contribution >= 0.6 is 0 Å². The Morgan fingerprint density at radius 3 is 2.53 bits per heavy atom. The average Bonchev–Trinajstić information content (AvgIpc) is 2.92. The van der Waals surface area contributed by atoms with Crippen molar-refractivity contribution in [3.8, 4) is 0 Å². The number of hydrogen-bond acceptors (Lipinski definition) is 5. The number of hydroxylamine groups is 1. The first-order chi connectivity index (χ1) is 14.5. The van der Waals surface area contributed by atoms with Gasteiger partial charge in [-0.15, -0.1) is 0 Å². The van der Waals surface area contributed by atoms with Crippen LogP contribution in [0.3, 0.4) is 0 Å². The number of nitrogens with one attached hydrogen (secondary N) is 2. The zero-order valence-electron chi connectivity index (χ0n) is 19.0. The summed E-state index contributed by atoms with van der Waals surface area (Å²) in [5, 5.41) is 11.9. The van der Waals surface area contributed by atoms with Gasteiger partial charge < -0.3 is 15.0 Å². The normalized spacial score (nSPS) is 19.1. The highest BCUT2D eigenvalue weighted by Crippen LogP contribution is 2.22. The zero-order valence-corrected chi connectivity index (χ0v) is 19.0. The Morgan fingerprint density at radius 1 is 1.17 bits per heavy atom. The molecule has 1 fully saturated rings. The Morgan fingerprint density at radius 2 is 1.87 bits per heavy atom. The summed E-state index contributed by atoms with van der Waals surface area (Å²) in [6.07, 6.45) is 9.41. The summed E-state index contributed by atoms with van der Waals surface area (Å²) in [5.41, 5.74) is 1.66. The fourth-order valence-electron chi connectivity index (χ4n) is 3.98. The van der Waals surface area contributed by atoms with E-state index in [9.17, 15) is 14.4 Å². The van der Waals surface area contributed by atoms with Crippen LogP contribution in [0.1, 0.15) is 78.1 Å². The summed E-state index contributed by atoms with van der Waals surface area (Å²) in [4.78, 5) is 39.6. The zero-order chi connectivity index (χ0) is 22.4. The molecule has 3 atom stereocenters. The molecule has 1 aliphatic heterocycles. The molecule has 0 unspecified atom stereocenters. The van der Waals surface area contributed by atoms with E-state index in [-0.39, 0.29) is 11.8 Å². The number of hydrogen-bond donors (Lipinski definition) is 3. The van der Waals surface area contributed by atoms with Gasteiger partial charge in [0.25, 0.3) is 0 Å². The van der Waals surface area contributed by atoms with E-state index < -0.39 is 23.8 Å². The maximum Gasteiger partial charge on any atom is 0.246 e. The molecule has 1 heterocycles. The average molecular weight is 428 g/mol. The number of carbonyl (C=O) groups excluding carboxylic acids is 3. The highest BCUT2D eigenvalue weighted by Gasteiger charge is 2.34. The van der Waals surface area contributed by atoms with Crippen LogP contribution in [-0.2, 0) is 19.1 Å². The second kappa shape index (κ2) is 15.2. The van der Waals surface area contributed by atoms with Crippen LogP contribution in [0.2, 0.25) is 0 Å². The predicted molar refractivity (Wildman–Crippen MR) is 115 cm³/mol. The number of amides is 3. The molecule has 3 amide bonds. The standard InChI is InChI=1S/C22H41N3O5/c1-4-5-6-7-8-9-12-18(17(2)20(26)24-29)21(27)23-19-13-10-11-14-25(22(19)28)15-16-30-3/h17-19,29H,4-16H2,1-3H3,(H,23,27)(H,24,26)/t17-,18-,19+/m1/s1. The summed E-state index contributed by atoms with van der Waals surface area (Å²) in [5.74, 6) is -2.19. The lowest BCUT2D eigenvalue weighted by Crippen LogP contribution is -2.51. The first kappa shape index (κ1) is 26.4. The first-order valence-corrected chi connectivity index (χ1v) is 11.5. The third-order valence-corrected chi connectivity index (χ3v) is 6.00. The predicted octanol–water partition coefficient (Wildman–Crippen LogP) is 2.64. The minimum absolute atomic E-state index is 0.0875. The second-order valence-corrected chi connectivity index (χ2v) is 8.30. The van der Waals surface area contributed by atoms with Crippen LogP contribution < -0.4 is 10.8 Å². The topological polar surface area (TPSA) is 108 Å². The van der Waals surface area contributed by atoms with Crippen molar-refractivity contribution in [1.29, 1.82) is 0 Å². The van der Waals surface area contributed by atoms with E-state index in [2.05, 4.69) is 12.2 Å². The SMILES string of the molecule is CCCCCCCC[C@@H](C(=O)N[C@H]1CCCCN(CCOC)C1=O)[C@@H](C)C(=O)NO. The van der Waals surface area contributed by atoms with E-state index in [1.807, 2.05) is 0 Å². The quantitative estimate of drug-likeness (QED) is 0.224. The van der Waals surface area contributed by atoms with Crippen molar-refractivity contribution in [1.82, 2.24) is 15.7 Å². The third-order valence-electron chi connectivity index (χ3n) is 6.00. The van der Waals surface area contributed by atoms with Gasteiger partial charge in [0, 0.05) is 32.0 Å². The van der Waals surface area contributed by atoms with Crippen LogP contribution in [0.5, 0.6) is 0 Å². The molecule has 3 N–H and O–H groups in total. The highest BCUT2D eigenvalue weighted by molar-refractivity contribution is 5.91. The van der Waals surface area contributed by atoms with Gasteiger partial charge in [0.1, 0.15) is 6.04 Å². The molecule has 0 spiro atoms. The number of nitrogens with zero attached hydrogens (tertiary/aromatic N) is 1. The number of carbonyl (C=O) groups is 3. The van der Waals surface area contributed by atoms with Gasteiger partial charge >= 0.3 is 0 Å². The Hall–Kier alpha value is -1.67. The van der Waals surface area contributed by atoms with Gasteiger partial charge in [-0.25, -0.2) is 5.48 Å².